The largest absolute Gasteiger partial charge is 0.469 e. The molecule has 0 unspecified atom stereocenters. The van der Waals surface area contributed by atoms with E-state index in [1.807, 2.05) is 5.38 Å². The van der Waals surface area contributed by atoms with Gasteiger partial charge < -0.3 is 4.74 Å². The molecule has 82 valence electrons. The quantitative estimate of drug-likeness (QED) is 0.750. The van der Waals surface area contributed by atoms with Gasteiger partial charge in [0.1, 0.15) is 16.4 Å². The van der Waals surface area contributed by atoms with Crippen molar-refractivity contribution in [3.63, 3.8) is 0 Å². The first-order chi connectivity index (χ1) is 7.79. The molecule has 0 aliphatic carbocycles. The molecule has 0 fully saturated rings. The Kier molecular flexibility index (Phi) is 3.21. The van der Waals surface area contributed by atoms with Gasteiger partial charge in [0.15, 0.2) is 0 Å². The minimum absolute atomic E-state index is 0.196. The molecule has 0 saturated heterocycles. The maximum absolute atomic E-state index is 11.0. The first-order valence-electron chi connectivity index (χ1n) is 4.57. The summed E-state index contributed by atoms with van der Waals surface area (Å²) < 4.78 is 4.57. The number of carbonyl (C=O) groups is 1. The molecule has 2 heterocycles. The highest BCUT2D eigenvalue weighted by molar-refractivity contribution is 7.10. The van der Waals surface area contributed by atoms with Crippen LogP contribution >= 0.6 is 11.3 Å². The van der Waals surface area contributed by atoms with E-state index >= 15 is 0 Å². The normalized spacial score (nSPS) is 10.1. The molecule has 2 aromatic rings. The Labute approximate surface area is 96.2 Å². The van der Waals surface area contributed by atoms with Crippen molar-refractivity contribution in [2.45, 2.75) is 6.42 Å². The standard InChI is InChI=1S/C10H9N3O2S/c1-15-10(14)4-9-13-8(6-16-9)7-5-11-2-3-12-7/h2-3,5-6H,4H2,1H3. The van der Waals surface area contributed by atoms with E-state index in [0.717, 1.165) is 5.69 Å². The third-order valence-electron chi connectivity index (χ3n) is 1.90. The van der Waals surface area contributed by atoms with Crippen LogP contribution in [0.5, 0.6) is 0 Å². The van der Waals surface area contributed by atoms with Crippen LogP contribution in [-0.2, 0) is 16.0 Å². The third kappa shape index (κ3) is 2.40. The molecule has 0 spiro atoms. The molecule has 6 heteroatoms. The van der Waals surface area contributed by atoms with Gasteiger partial charge >= 0.3 is 5.97 Å². The van der Waals surface area contributed by atoms with Crippen LogP contribution in [0.1, 0.15) is 5.01 Å². The summed E-state index contributed by atoms with van der Waals surface area (Å²) in [7, 11) is 1.36. The molecule has 0 saturated carbocycles. The van der Waals surface area contributed by atoms with Crippen LogP contribution in [0.15, 0.2) is 24.0 Å². The molecule has 0 atom stereocenters. The van der Waals surface area contributed by atoms with Crippen LogP contribution in [0.25, 0.3) is 11.4 Å². The van der Waals surface area contributed by atoms with Gasteiger partial charge in [-0.25, -0.2) is 4.98 Å². The van der Waals surface area contributed by atoms with E-state index in [0.29, 0.717) is 10.7 Å². The average molecular weight is 235 g/mol. The Morgan fingerprint density at radius 3 is 3.00 bits per heavy atom. The average Bonchev–Trinajstić information content (AvgIpc) is 2.78. The molecule has 0 N–H and O–H groups in total. The summed E-state index contributed by atoms with van der Waals surface area (Å²) in [6.07, 6.45) is 5.04. The lowest BCUT2D eigenvalue weighted by Gasteiger charge is -1.94. The number of thiazole rings is 1. The van der Waals surface area contributed by atoms with Gasteiger partial charge in [0.05, 0.1) is 19.7 Å². The smallest absolute Gasteiger partial charge is 0.312 e. The number of hydrogen-bond acceptors (Lipinski definition) is 6. The van der Waals surface area contributed by atoms with Gasteiger partial charge in [0.2, 0.25) is 0 Å². The molecule has 2 rings (SSSR count). The highest BCUT2D eigenvalue weighted by Gasteiger charge is 2.09. The van der Waals surface area contributed by atoms with E-state index in [9.17, 15) is 4.79 Å². The van der Waals surface area contributed by atoms with E-state index in [4.69, 9.17) is 0 Å². The molecular formula is C10H9N3O2S. The predicted molar refractivity (Wildman–Crippen MR) is 58.9 cm³/mol. The van der Waals surface area contributed by atoms with Gasteiger partial charge in [0, 0.05) is 17.8 Å². The minimum Gasteiger partial charge on any atom is -0.469 e. The van der Waals surface area contributed by atoms with E-state index in [1.54, 1.807) is 18.6 Å². The van der Waals surface area contributed by atoms with Crippen LogP contribution in [0, 0.1) is 0 Å². The zero-order valence-corrected chi connectivity index (χ0v) is 9.40. The summed E-state index contributed by atoms with van der Waals surface area (Å²) >= 11 is 1.41. The Balaban J connectivity index is 2.17. The number of carbonyl (C=O) groups excluding carboxylic acids is 1. The van der Waals surface area contributed by atoms with Crippen molar-refractivity contribution in [2.24, 2.45) is 0 Å². The second kappa shape index (κ2) is 4.80. The summed E-state index contributed by atoms with van der Waals surface area (Å²) in [5.74, 6) is -0.292. The number of methoxy groups -OCH3 is 1. The SMILES string of the molecule is COC(=O)Cc1nc(-c2cnccn2)cs1. The Bertz CT molecular complexity index is 484. The van der Waals surface area contributed by atoms with E-state index < -0.39 is 0 Å². The summed E-state index contributed by atoms with van der Waals surface area (Å²) in [5.41, 5.74) is 1.44. The molecular weight excluding hydrogens is 226 g/mol. The van der Waals surface area contributed by atoms with Crippen molar-refractivity contribution in [2.75, 3.05) is 7.11 Å². The lowest BCUT2D eigenvalue weighted by molar-refractivity contribution is -0.139. The van der Waals surface area contributed by atoms with Crippen LogP contribution < -0.4 is 0 Å². The summed E-state index contributed by atoms with van der Waals surface area (Å²) in [6.45, 7) is 0. The summed E-state index contributed by atoms with van der Waals surface area (Å²) in [5, 5.41) is 2.56. The van der Waals surface area contributed by atoms with Gasteiger partial charge in [-0.05, 0) is 0 Å². The fraction of sp³-hybridized carbons (Fsp3) is 0.200. The lowest BCUT2D eigenvalue weighted by atomic mass is 10.3. The molecule has 0 aliphatic heterocycles. The topological polar surface area (TPSA) is 65.0 Å². The van der Waals surface area contributed by atoms with Crippen molar-refractivity contribution < 1.29 is 9.53 Å². The minimum atomic E-state index is -0.292. The number of nitrogens with zero attached hydrogens (tertiary/aromatic N) is 3. The predicted octanol–water partition coefficient (Wildman–Crippen LogP) is 1.32. The Morgan fingerprint density at radius 1 is 1.44 bits per heavy atom. The van der Waals surface area contributed by atoms with E-state index in [-0.39, 0.29) is 12.4 Å². The Hall–Kier alpha value is -1.82. The zero-order chi connectivity index (χ0) is 11.4. The van der Waals surface area contributed by atoms with Crippen molar-refractivity contribution in [3.8, 4) is 11.4 Å². The van der Waals surface area contributed by atoms with E-state index in [2.05, 4.69) is 19.7 Å². The second-order valence-electron chi connectivity index (χ2n) is 2.97. The Morgan fingerprint density at radius 2 is 2.31 bits per heavy atom. The monoisotopic (exact) mass is 235 g/mol. The van der Waals surface area contributed by atoms with Gasteiger partial charge in [-0.2, -0.15) is 0 Å². The highest BCUT2D eigenvalue weighted by Crippen LogP contribution is 2.19. The van der Waals surface area contributed by atoms with Crippen LogP contribution in [0.2, 0.25) is 0 Å². The number of hydrogen-bond donors (Lipinski definition) is 0. The third-order valence-corrected chi connectivity index (χ3v) is 2.75. The van der Waals surface area contributed by atoms with Gasteiger partial charge in [-0.15, -0.1) is 11.3 Å². The molecule has 0 aromatic carbocycles. The van der Waals surface area contributed by atoms with Crippen molar-refractivity contribution in [1.82, 2.24) is 15.0 Å². The van der Waals surface area contributed by atoms with Crippen LogP contribution in [-0.4, -0.2) is 28.0 Å². The van der Waals surface area contributed by atoms with Crippen molar-refractivity contribution in [3.05, 3.63) is 29.0 Å². The van der Waals surface area contributed by atoms with E-state index in [1.165, 1.54) is 18.4 Å². The molecule has 16 heavy (non-hydrogen) atoms. The van der Waals surface area contributed by atoms with Crippen molar-refractivity contribution >= 4 is 17.3 Å². The first kappa shape index (κ1) is 10.7. The number of ether oxygens (including phenoxy) is 1. The van der Waals surface area contributed by atoms with Crippen LogP contribution in [0.3, 0.4) is 0 Å². The molecule has 5 nitrogen and oxygen atoms in total. The lowest BCUT2D eigenvalue weighted by Crippen LogP contribution is -2.03. The maximum Gasteiger partial charge on any atom is 0.312 e. The molecule has 0 radical (unpaired) electrons. The zero-order valence-electron chi connectivity index (χ0n) is 8.58. The first-order valence-corrected chi connectivity index (χ1v) is 5.45. The molecule has 0 amide bonds. The number of rotatable bonds is 3. The highest BCUT2D eigenvalue weighted by atomic mass is 32.1. The van der Waals surface area contributed by atoms with Crippen LogP contribution in [0.4, 0.5) is 0 Å². The molecule has 0 aliphatic rings. The summed E-state index contributed by atoms with van der Waals surface area (Å²) in [6, 6.07) is 0. The molecule has 2 aromatic heterocycles. The fourth-order valence-corrected chi connectivity index (χ4v) is 1.91. The number of esters is 1. The fourth-order valence-electron chi connectivity index (χ4n) is 1.14. The van der Waals surface area contributed by atoms with Gasteiger partial charge in [-0.1, -0.05) is 0 Å². The van der Waals surface area contributed by atoms with Gasteiger partial charge in [-0.3, -0.25) is 14.8 Å². The number of aromatic nitrogens is 3. The van der Waals surface area contributed by atoms with Crippen molar-refractivity contribution in [1.29, 1.82) is 0 Å². The second-order valence-corrected chi connectivity index (χ2v) is 3.91. The maximum atomic E-state index is 11.0. The molecule has 0 bridgehead atoms. The summed E-state index contributed by atoms with van der Waals surface area (Å²) in [4.78, 5) is 23.4. The van der Waals surface area contributed by atoms with Gasteiger partial charge in [0.25, 0.3) is 0 Å².